The van der Waals surface area contributed by atoms with E-state index in [9.17, 15) is 19.5 Å². The Balaban J connectivity index is 1.64. The van der Waals surface area contributed by atoms with Gasteiger partial charge in [-0.25, -0.2) is 0 Å². The van der Waals surface area contributed by atoms with Gasteiger partial charge in [-0.2, -0.15) is 0 Å². The molecule has 0 aromatic heterocycles. The Bertz CT molecular complexity index is 1090. The van der Waals surface area contributed by atoms with Gasteiger partial charge in [-0.3, -0.25) is 14.4 Å². The van der Waals surface area contributed by atoms with Gasteiger partial charge in [-0.05, 0) is 24.5 Å². The van der Waals surface area contributed by atoms with Crippen LogP contribution >= 0.6 is 11.8 Å². The number of amides is 2. The van der Waals surface area contributed by atoms with E-state index in [0.29, 0.717) is 13.1 Å². The normalized spacial score (nSPS) is 34.9. The van der Waals surface area contributed by atoms with Gasteiger partial charge in [0.25, 0.3) is 0 Å². The largest absolute Gasteiger partial charge is 0.461 e. The molecule has 8 heteroatoms. The molecule has 5 rings (SSSR count). The van der Waals surface area contributed by atoms with E-state index in [0.717, 1.165) is 5.56 Å². The summed E-state index contributed by atoms with van der Waals surface area (Å²) in [4.78, 5) is 45.1. The molecule has 1 N–H and O–H groups in total. The summed E-state index contributed by atoms with van der Waals surface area (Å²) >= 11 is 1.52. The lowest BCUT2D eigenvalue weighted by atomic mass is 9.75. The number of carbonyl (C=O) groups is 3. The first kappa shape index (κ1) is 24.1. The average Bonchev–Trinajstić information content (AvgIpc) is 3.08. The molecule has 2 amide bonds. The minimum atomic E-state index is -0.929. The Morgan fingerprint density at radius 3 is 2.51 bits per heavy atom. The fourth-order valence-electron chi connectivity index (χ4n) is 6.26. The number of benzene rings is 1. The van der Waals surface area contributed by atoms with E-state index in [1.165, 1.54) is 11.8 Å². The van der Waals surface area contributed by atoms with Crippen molar-refractivity contribution in [1.29, 1.82) is 0 Å². The number of aliphatic hydroxyl groups excluding tert-OH is 1. The van der Waals surface area contributed by atoms with Crippen LogP contribution in [0.5, 0.6) is 0 Å². The van der Waals surface area contributed by atoms with Crippen molar-refractivity contribution in [2.24, 2.45) is 17.8 Å². The molecule has 1 aromatic carbocycles. The standard InChI is InChI=1S/C27H32N2O5S/c1-17(2)19(16-30)29-22-24(32)28(15-18-9-5-4-6-10-18)13-7-12-27(22)20(23(29)31)21-25(33)34-14-8-11-26(21,3)35-27/h4-12,17,19-22,30H,13-16H2,1-3H3/t19-,20-,21+,22?,26-,27-/m0/s1. The molecular weight excluding hydrogens is 464 g/mol. The molecule has 2 saturated heterocycles. The van der Waals surface area contributed by atoms with Crippen molar-refractivity contribution >= 4 is 29.5 Å². The second-order valence-corrected chi connectivity index (χ2v) is 12.2. The highest BCUT2D eigenvalue weighted by atomic mass is 32.2. The number of carbonyl (C=O) groups excluding carboxylic acids is 3. The third kappa shape index (κ3) is 3.64. The van der Waals surface area contributed by atoms with Crippen molar-refractivity contribution in [3.8, 4) is 0 Å². The maximum absolute atomic E-state index is 14.3. The molecular formula is C27H32N2O5S. The van der Waals surface area contributed by atoms with Crippen LogP contribution in [0.15, 0.2) is 54.6 Å². The lowest BCUT2D eigenvalue weighted by Gasteiger charge is -2.40. The summed E-state index contributed by atoms with van der Waals surface area (Å²) in [5.74, 6) is -2.34. The van der Waals surface area contributed by atoms with Crippen LogP contribution in [0.4, 0.5) is 0 Å². The number of cyclic esters (lactones) is 1. The molecule has 4 aliphatic heterocycles. The first-order valence-electron chi connectivity index (χ1n) is 12.2. The van der Waals surface area contributed by atoms with E-state index in [2.05, 4.69) is 0 Å². The molecule has 1 spiro atoms. The summed E-state index contributed by atoms with van der Waals surface area (Å²) in [6.07, 6.45) is 7.74. The zero-order valence-electron chi connectivity index (χ0n) is 20.3. The molecule has 7 nitrogen and oxygen atoms in total. The Morgan fingerprint density at radius 1 is 1.09 bits per heavy atom. The summed E-state index contributed by atoms with van der Waals surface area (Å²) in [5.41, 5.74) is 1.00. The van der Waals surface area contributed by atoms with Gasteiger partial charge in [0.1, 0.15) is 12.6 Å². The summed E-state index contributed by atoms with van der Waals surface area (Å²) in [5, 5.41) is 10.3. The van der Waals surface area contributed by atoms with Crippen LogP contribution in [0.2, 0.25) is 0 Å². The zero-order chi connectivity index (χ0) is 25.0. The molecule has 2 fully saturated rings. The number of nitrogens with zero attached hydrogens (tertiary/aromatic N) is 2. The fraction of sp³-hybridized carbons (Fsp3) is 0.519. The monoisotopic (exact) mass is 496 g/mol. The van der Waals surface area contributed by atoms with Crippen LogP contribution in [-0.2, 0) is 25.7 Å². The SMILES string of the molecule is CC(C)[C@H](CO)N1C(=O)[C@@H]2[C@@H]3C(=O)OCC=C[C@]3(C)S[C@@]23C=CCN(Cc2ccccc2)C(=O)C13. The highest BCUT2D eigenvalue weighted by Crippen LogP contribution is 2.65. The Labute approximate surface area is 210 Å². The molecule has 1 unspecified atom stereocenters. The lowest BCUT2D eigenvalue weighted by molar-refractivity contribution is -0.153. The summed E-state index contributed by atoms with van der Waals surface area (Å²) in [7, 11) is 0. The topological polar surface area (TPSA) is 87.2 Å². The number of thioether (sulfide) groups is 1. The Morgan fingerprint density at radius 2 is 1.83 bits per heavy atom. The number of likely N-dealkylation sites (tertiary alicyclic amines) is 1. The van der Waals surface area contributed by atoms with Crippen LogP contribution in [0.1, 0.15) is 26.3 Å². The molecule has 6 atom stereocenters. The van der Waals surface area contributed by atoms with Crippen LogP contribution in [0.3, 0.4) is 0 Å². The first-order chi connectivity index (χ1) is 16.7. The van der Waals surface area contributed by atoms with Crippen molar-refractivity contribution in [3.63, 3.8) is 0 Å². The van der Waals surface area contributed by atoms with Crippen LogP contribution in [0, 0.1) is 17.8 Å². The van der Waals surface area contributed by atoms with E-state index in [4.69, 9.17) is 4.74 Å². The van der Waals surface area contributed by atoms with E-state index in [-0.39, 0.29) is 30.9 Å². The van der Waals surface area contributed by atoms with Crippen LogP contribution < -0.4 is 0 Å². The molecule has 35 heavy (non-hydrogen) atoms. The maximum atomic E-state index is 14.3. The second-order valence-electron chi connectivity index (χ2n) is 10.4. The van der Waals surface area contributed by atoms with Crippen molar-refractivity contribution < 1.29 is 24.2 Å². The van der Waals surface area contributed by atoms with Gasteiger partial charge in [0.15, 0.2) is 0 Å². The van der Waals surface area contributed by atoms with E-state index in [1.54, 1.807) is 9.80 Å². The van der Waals surface area contributed by atoms with Crippen molar-refractivity contribution in [1.82, 2.24) is 9.80 Å². The van der Waals surface area contributed by atoms with Crippen molar-refractivity contribution in [2.75, 3.05) is 19.8 Å². The molecule has 186 valence electrons. The van der Waals surface area contributed by atoms with Gasteiger partial charge in [-0.1, -0.05) is 62.4 Å². The number of fused-ring (bicyclic) bond motifs is 2. The summed E-state index contributed by atoms with van der Waals surface area (Å²) in [6, 6.07) is 8.42. The smallest absolute Gasteiger partial charge is 0.311 e. The number of rotatable bonds is 5. The van der Waals surface area contributed by atoms with Gasteiger partial charge < -0.3 is 19.6 Å². The molecule has 0 aliphatic carbocycles. The number of hydrogen-bond donors (Lipinski definition) is 1. The van der Waals surface area contributed by atoms with Gasteiger partial charge >= 0.3 is 5.97 Å². The molecule has 1 aromatic rings. The third-order valence-electron chi connectivity index (χ3n) is 7.86. The highest BCUT2D eigenvalue weighted by Gasteiger charge is 2.74. The van der Waals surface area contributed by atoms with Gasteiger partial charge in [0.2, 0.25) is 11.8 Å². The van der Waals surface area contributed by atoms with Gasteiger partial charge in [0.05, 0.1) is 29.2 Å². The molecule has 0 bridgehead atoms. The highest BCUT2D eigenvalue weighted by molar-refractivity contribution is 8.02. The Kier molecular flexibility index (Phi) is 6.08. The van der Waals surface area contributed by atoms with Crippen LogP contribution in [0.25, 0.3) is 0 Å². The van der Waals surface area contributed by atoms with E-state index in [1.807, 2.05) is 75.4 Å². The quantitative estimate of drug-likeness (QED) is 0.498. The predicted octanol–water partition coefficient (Wildman–Crippen LogP) is 2.40. The van der Waals surface area contributed by atoms with Gasteiger partial charge in [-0.15, -0.1) is 11.8 Å². The minimum absolute atomic E-state index is 0.0696. The molecule has 4 heterocycles. The maximum Gasteiger partial charge on any atom is 0.311 e. The average molecular weight is 497 g/mol. The Hall–Kier alpha value is -2.58. The third-order valence-corrected chi connectivity index (χ3v) is 9.66. The van der Waals surface area contributed by atoms with Crippen molar-refractivity contribution in [2.45, 2.75) is 48.9 Å². The number of aliphatic hydroxyl groups is 1. The fourth-order valence-corrected chi connectivity index (χ4v) is 8.40. The number of hydrogen-bond acceptors (Lipinski definition) is 6. The minimum Gasteiger partial charge on any atom is -0.461 e. The summed E-state index contributed by atoms with van der Waals surface area (Å²) in [6.45, 7) is 6.59. The van der Waals surface area contributed by atoms with Crippen molar-refractivity contribution in [3.05, 3.63) is 60.2 Å². The summed E-state index contributed by atoms with van der Waals surface area (Å²) < 4.78 is 3.86. The molecule has 0 radical (unpaired) electrons. The number of ether oxygens (including phenoxy) is 1. The van der Waals surface area contributed by atoms with E-state index >= 15 is 0 Å². The second kappa shape index (κ2) is 8.82. The number of esters is 1. The molecule has 4 aliphatic rings. The lowest BCUT2D eigenvalue weighted by Crippen LogP contribution is -2.57. The molecule has 0 saturated carbocycles. The first-order valence-corrected chi connectivity index (χ1v) is 13.0. The van der Waals surface area contributed by atoms with Crippen LogP contribution in [-0.4, -0.2) is 74.0 Å². The van der Waals surface area contributed by atoms with E-state index < -0.39 is 39.4 Å². The zero-order valence-corrected chi connectivity index (χ0v) is 21.1. The predicted molar refractivity (Wildman–Crippen MR) is 133 cm³/mol. The van der Waals surface area contributed by atoms with Gasteiger partial charge in [0, 0.05) is 17.8 Å².